The molecule has 3 heterocycles. The number of aromatic nitrogens is 4. The molecule has 0 bridgehead atoms. The quantitative estimate of drug-likeness (QED) is 0.527. The molecule has 2 aromatic heterocycles. The third-order valence-corrected chi connectivity index (χ3v) is 6.67. The molecule has 2 N–H and O–H groups in total. The Morgan fingerprint density at radius 2 is 2.06 bits per heavy atom. The van der Waals surface area contributed by atoms with Crippen molar-refractivity contribution in [3.63, 3.8) is 0 Å². The van der Waals surface area contributed by atoms with Gasteiger partial charge in [0, 0.05) is 19.5 Å². The number of benzene rings is 1. The van der Waals surface area contributed by atoms with E-state index in [1.165, 1.54) is 7.05 Å². The standard InChI is InChI=1S/C20H18F3N7O4S/c1-10-28-29-18(34-10)8-33-17-7-25-15(6-26-17)13(21)4-11-3-12(19(23)14(22)5-11)16-9-35(31,32)30(2)20(24)27-16/h3-7,16H,8-9H2,1-2H3,(H2,24,27)/b13-4-. The predicted octanol–water partition coefficient (Wildman–Crippen LogP) is 2.12. The molecule has 35 heavy (non-hydrogen) atoms. The number of halogens is 3. The fraction of sp³-hybridized carbons (Fsp3) is 0.250. The van der Waals surface area contributed by atoms with E-state index in [0.717, 1.165) is 34.9 Å². The van der Waals surface area contributed by atoms with E-state index in [1.807, 2.05) is 0 Å². The lowest BCUT2D eigenvalue weighted by molar-refractivity contribution is 0.250. The van der Waals surface area contributed by atoms with E-state index < -0.39 is 39.3 Å². The minimum Gasteiger partial charge on any atom is -0.466 e. The summed E-state index contributed by atoms with van der Waals surface area (Å²) in [6.45, 7) is 1.55. The number of guanidine groups is 1. The van der Waals surface area contributed by atoms with Gasteiger partial charge in [-0.3, -0.25) is 0 Å². The molecule has 1 aliphatic heterocycles. The fourth-order valence-corrected chi connectivity index (χ4v) is 4.32. The zero-order valence-corrected chi connectivity index (χ0v) is 19.1. The summed E-state index contributed by atoms with van der Waals surface area (Å²) in [6, 6.07) is 0.546. The van der Waals surface area contributed by atoms with E-state index in [0.29, 0.717) is 5.89 Å². The van der Waals surface area contributed by atoms with Crippen LogP contribution in [0.4, 0.5) is 13.2 Å². The third-order valence-electron chi connectivity index (χ3n) is 4.91. The second-order valence-electron chi connectivity index (χ2n) is 7.39. The van der Waals surface area contributed by atoms with Gasteiger partial charge in [0.15, 0.2) is 24.1 Å². The number of nitrogens with two attached hydrogens (primary N) is 1. The molecule has 0 radical (unpaired) electrons. The average molecular weight is 509 g/mol. The van der Waals surface area contributed by atoms with E-state index in [9.17, 15) is 21.6 Å². The van der Waals surface area contributed by atoms with Gasteiger partial charge in [-0.2, -0.15) is 0 Å². The van der Waals surface area contributed by atoms with Crippen LogP contribution in [0.5, 0.6) is 5.88 Å². The van der Waals surface area contributed by atoms with Crippen LogP contribution in [0.3, 0.4) is 0 Å². The van der Waals surface area contributed by atoms with Gasteiger partial charge in [0.25, 0.3) is 5.89 Å². The van der Waals surface area contributed by atoms with Gasteiger partial charge in [-0.15, -0.1) is 10.2 Å². The molecule has 0 saturated carbocycles. The highest BCUT2D eigenvalue weighted by atomic mass is 32.2. The van der Waals surface area contributed by atoms with Crippen LogP contribution in [0.2, 0.25) is 0 Å². The monoisotopic (exact) mass is 509 g/mol. The van der Waals surface area contributed by atoms with Gasteiger partial charge in [0.2, 0.25) is 27.8 Å². The molecule has 1 aromatic carbocycles. The molecule has 0 fully saturated rings. The molecule has 4 rings (SSSR count). The van der Waals surface area contributed by atoms with Crippen molar-refractivity contribution in [2.75, 3.05) is 12.8 Å². The highest BCUT2D eigenvalue weighted by Crippen LogP contribution is 2.30. The highest BCUT2D eigenvalue weighted by Gasteiger charge is 2.33. The molecule has 0 amide bonds. The normalized spacial score (nSPS) is 17.9. The van der Waals surface area contributed by atoms with Gasteiger partial charge in [-0.1, -0.05) is 0 Å². The Bertz CT molecular complexity index is 1420. The van der Waals surface area contributed by atoms with E-state index in [1.54, 1.807) is 6.92 Å². The van der Waals surface area contributed by atoms with Gasteiger partial charge in [0.1, 0.15) is 5.69 Å². The summed E-state index contributed by atoms with van der Waals surface area (Å²) in [5.41, 5.74) is 4.93. The Labute approximate surface area is 197 Å². The predicted molar refractivity (Wildman–Crippen MR) is 117 cm³/mol. The molecule has 3 aromatic rings. The lowest BCUT2D eigenvalue weighted by atomic mass is 10.0. The molecule has 0 spiro atoms. The van der Waals surface area contributed by atoms with Gasteiger partial charge in [0.05, 0.1) is 24.2 Å². The molecule has 1 atom stereocenters. The summed E-state index contributed by atoms with van der Waals surface area (Å²) >= 11 is 0. The van der Waals surface area contributed by atoms with Crippen LogP contribution < -0.4 is 10.5 Å². The largest absolute Gasteiger partial charge is 0.466 e. The van der Waals surface area contributed by atoms with E-state index in [2.05, 4.69) is 25.2 Å². The number of aryl methyl sites for hydroxylation is 1. The first kappa shape index (κ1) is 24.1. The summed E-state index contributed by atoms with van der Waals surface area (Å²) < 4.78 is 79.2. The van der Waals surface area contributed by atoms with Crippen LogP contribution in [0.1, 0.15) is 34.6 Å². The van der Waals surface area contributed by atoms with Crippen molar-refractivity contribution in [3.8, 4) is 5.88 Å². The maximum atomic E-state index is 14.8. The van der Waals surface area contributed by atoms with Crippen molar-refractivity contribution in [1.29, 1.82) is 0 Å². The number of hydrogen-bond acceptors (Lipinski definition) is 10. The molecule has 1 aliphatic rings. The summed E-state index contributed by atoms with van der Waals surface area (Å²) in [6.07, 6.45) is 3.13. The van der Waals surface area contributed by atoms with Crippen molar-refractivity contribution in [1.82, 2.24) is 24.5 Å². The van der Waals surface area contributed by atoms with Crippen LogP contribution in [0.15, 0.2) is 33.9 Å². The zero-order valence-electron chi connectivity index (χ0n) is 18.3. The second-order valence-corrected chi connectivity index (χ2v) is 9.44. The number of rotatable bonds is 6. The summed E-state index contributed by atoms with van der Waals surface area (Å²) in [4.78, 5) is 11.7. The van der Waals surface area contributed by atoms with Crippen LogP contribution in [0, 0.1) is 18.6 Å². The first-order valence-electron chi connectivity index (χ1n) is 9.93. The molecule has 0 saturated heterocycles. The molecule has 11 nitrogen and oxygen atoms in total. The summed E-state index contributed by atoms with van der Waals surface area (Å²) in [7, 11) is -2.69. The smallest absolute Gasteiger partial charge is 0.253 e. The molecule has 184 valence electrons. The Balaban J connectivity index is 1.56. The Morgan fingerprint density at radius 1 is 1.29 bits per heavy atom. The lowest BCUT2D eigenvalue weighted by Crippen LogP contribution is -2.45. The van der Waals surface area contributed by atoms with Gasteiger partial charge in [-0.05, 0) is 23.8 Å². The Morgan fingerprint density at radius 3 is 2.69 bits per heavy atom. The highest BCUT2D eigenvalue weighted by molar-refractivity contribution is 7.89. The van der Waals surface area contributed by atoms with E-state index in [-0.39, 0.29) is 41.2 Å². The Hall–Kier alpha value is -4.01. The maximum Gasteiger partial charge on any atom is 0.253 e. The van der Waals surface area contributed by atoms with Gasteiger partial charge in [-0.25, -0.2) is 40.9 Å². The van der Waals surface area contributed by atoms with Crippen LogP contribution in [-0.4, -0.2) is 51.6 Å². The SMILES string of the molecule is Cc1nnc(COc2cnc(/C(F)=C/c3cc(F)c(F)c(C4CS(=O)(=O)N(C)C(N)=N4)c3)cn2)o1. The van der Waals surface area contributed by atoms with Gasteiger partial charge >= 0.3 is 0 Å². The summed E-state index contributed by atoms with van der Waals surface area (Å²) in [5.74, 6) is -3.88. The number of ether oxygens (including phenoxy) is 1. The topological polar surface area (TPSA) is 150 Å². The van der Waals surface area contributed by atoms with Crippen LogP contribution >= 0.6 is 0 Å². The maximum absolute atomic E-state index is 14.8. The lowest BCUT2D eigenvalue weighted by Gasteiger charge is -2.27. The van der Waals surface area contributed by atoms with Crippen molar-refractivity contribution in [3.05, 3.63) is 64.8 Å². The summed E-state index contributed by atoms with van der Waals surface area (Å²) in [5, 5.41) is 7.41. The number of sulfonamides is 1. The van der Waals surface area contributed by atoms with Crippen molar-refractivity contribution in [2.24, 2.45) is 10.7 Å². The number of aliphatic imine (C=N–C) groups is 1. The molecule has 0 aliphatic carbocycles. The van der Waals surface area contributed by atoms with Crippen LogP contribution in [-0.2, 0) is 16.6 Å². The zero-order chi connectivity index (χ0) is 25.3. The number of hydrogen-bond donors (Lipinski definition) is 1. The van der Waals surface area contributed by atoms with Crippen molar-refractivity contribution < 1.29 is 30.7 Å². The second kappa shape index (κ2) is 9.32. The molecular formula is C20H18F3N7O4S. The van der Waals surface area contributed by atoms with E-state index >= 15 is 0 Å². The average Bonchev–Trinajstić information content (AvgIpc) is 3.23. The fourth-order valence-electron chi connectivity index (χ4n) is 3.12. The van der Waals surface area contributed by atoms with Crippen LogP contribution in [0.25, 0.3) is 11.9 Å². The molecular weight excluding hydrogens is 491 g/mol. The van der Waals surface area contributed by atoms with E-state index in [4.69, 9.17) is 14.9 Å². The van der Waals surface area contributed by atoms with Crippen molar-refractivity contribution >= 4 is 27.9 Å². The first-order valence-corrected chi connectivity index (χ1v) is 11.5. The molecule has 1 unspecified atom stereocenters. The minimum atomic E-state index is -3.89. The Kier molecular flexibility index (Phi) is 6.43. The third kappa shape index (κ3) is 5.24. The minimum absolute atomic E-state index is 0.0615. The van der Waals surface area contributed by atoms with Crippen molar-refractivity contribution in [2.45, 2.75) is 19.6 Å². The van der Waals surface area contributed by atoms with Gasteiger partial charge < -0.3 is 14.9 Å². The molecule has 15 heteroatoms. The number of nitrogens with zero attached hydrogens (tertiary/aromatic N) is 6. The first-order chi connectivity index (χ1) is 16.5.